The van der Waals surface area contributed by atoms with Crippen molar-refractivity contribution in [3.05, 3.63) is 35.8 Å². The molecule has 0 saturated heterocycles. The van der Waals surface area contributed by atoms with Crippen LogP contribution in [-0.2, 0) is 12.3 Å². The van der Waals surface area contributed by atoms with E-state index in [4.69, 9.17) is 12.3 Å². The highest BCUT2D eigenvalue weighted by Crippen LogP contribution is 2.22. The number of hydrogen-bond donors (Lipinski definition) is 0. The Morgan fingerprint density at radius 1 is 0.900 bits per heavy atom. The first-order valence-corrected chi connectivity index (χ1v) is 16.5. The zero-order valence-corrected chi connectivity index (χ0v) is 18.5. The summed E-state index contributed by atoms with van der Waals surface area (Å²) in [5, 5.41) is 0. The van der Waals surface area contributed by atoms with Gasteiger partial charge in [0, 0.05) is 6.55 Å². The van der Waals surface area contributed by atoms with Crippen molar-refractivity contribution in [1.29, 1.82) is 0 Å². The molecule has 0 amide bonds. The maximum absolute atomic E-state index is 6.30. The molecule has 0 heterocycles. The maximum atomic E-state index is 6.30. The zero-order valence-electron chi connectivity index (χ0n) is 14.1. The van der Waals surface area contributed by atoms with Crippen LogP contribution >= 0.6 is 0 Å². The highest BCUT2D eigenvalue weighted by atomic mass is 28.5. The van der Waals surface area contributed by atoms with Crippen molar-refractivity contribution in [3.63, 3.8) is 0 Å². The molecule has 0 aliphatic rings. The molecule has 0 radical (unpaired) electrons. The molecule has 0 aromatic carbocycles. The monoisotopic (exact) mass is 346 g/mol. The quantitative estimate of drug-likeness (QED) is 0.598. The first-order chi connectivity index (χ1) is 8.95. The fraction of sp³-hybridized carbons (Fsp3) is 0.538. The van der Waals surface area contributed by atoms with Gasteiger partial charge in [0.2, 0.25) is 16.6 Å². The lowest BCUT2D eigenvalue weighted by atomic mass is 10.4. The zero-order chi connectivity index (χ0) is 16.0. The molecule has 116 valence electrons. The Kier molecular flexibility index (Phi) is 7.82. The predicted molar refractivity (Wildman–Crippen MR) is 98.2 cm³/mol. The molecular weight excluding hydrogens is 316 g/mol. The van der Waals surface area contributed by atoms with Crippen LogP contribution in [0.2, 0.25) is 32.7 Å². The van der Waals surface area contributed by atoms with Crippen molar-refractivity contribution >= 4 is 35.2 Å². The molecule has 0 N–H and O–H groups in total. The summed E-state index contributed by atoms with van der Waals surface area (Å²) in [4.78, 5) is 0. The topological polar surface area (TPSA) is 27.7 Å². The van der Waals surface area contributed by atoms with E-state index in [1.807, 2.05) is 17.9 Å². The van der Waals surface area contributed by atoms with Gasteiger partial charge in [-0.05, 0) is 40.0 Å². The fourth-order valence-electron chi connectivity index (χ4n) is 1.48. The molecular formula is C13H30O3Si4. The standard InChI is InChI=1S/C13H30O3Si4/c1-10-18(5,6)15-20(9,14-17-12-13(3)4)16-19(7,8)11-2/h10-12H,1-2,17H2,3-9H3. The van der Waals surface area contributed by atoms with Crippen LogP contribution in [0.5, 0.6) is 0 Å². The largest absolute Gasteiger partial charge is 0.466 e. The summed E-state index contributed by atoms with van der Waals surface area (Å²) < 4.78 is 18.8. The molecule has 3 nitrogen and oxygen atoms in total. The SMILES string of the molecule is C=C[Si](C)(C)O[Si](C)(O[SiH2]C=C(C)C)O[Si](C)(C)C=C. The third-order valence-corrected chi connectivity index (χ3v) is 15.6. The van der Waals surface area contributed by atoms with Gasteiger partial charge in [-0.25, -0.2) is 0 Å². The van der Waals surface area contributed by atoms with E-state index in [9.17, 15) is 0 Å². The van der Waals surface area contributed by atoms with Crippen LogP contribution in [0.25, 0.3) is 0 Å². The van der Waals surface area contributed by atoms with Crippen LogP contribution in [0.3, 0.4) is 0 Å². The van der Waals surface area contributed by atoms with E-state index in [2.05, 4.69) is 58.9 Å². The van der Waals surface area contributed by atoms with Gasteiger partial charge in [0.05, 0.1) is 0 Å². The van der Waals surface area contributed by atoms with Crippen LogP contribution in [0.15, 0.2) is 35.8 Å². The third-order valence-electron chi connectivity index (χ3n) is 2.72. The van der Waals surface area contributed by atoms with E-state index in [1.165, 1.54) is 5.57 Å². The van der Waals surface area contributed by atoms with Crippen molar-refractivity contribution in [2.75, 3.05) is 0 Å². The van der Waals surface area contributed by atoms with Gasteiger partial charge in [0.1, 0.15) is 0 Å². The Hall–Kier alpha value is -0.0325. The van der Waals surface area contributed by atoms with Crippen molar-refractivity contribution in [2.24, 2.45) is 0 Å². The van der Waals surface area contributed by atoms with Gasteiger partial charge < -0.3 is 12.3 Å². The molecule has 0 unspecified atom stereocenters. The molecule has 0 fully saturated rings. The van der Waals surface area contributed by atoms with Gasteiger partial charge in [-0.15, -0.1) is 13.2 Å². The van der Waals surface area contributed by atoms with Crippen molar-refractivity contribution < 1.29 is 12.3 Å². The summed E-state index contributed by atoms with van der Waals surface area (Å²) >= 11 is 0. The van der Waals surface area contributed by atoms with Gasteiger partial charge in [-0.2, -0.15) is 0 Å². The Morgan fingerprint density at radius 3 is 1.60 bits per heavy atom. The lowest BCUT2D eigenvalue weighted by Gasteiger charge is -2.37. The molecule has 0 rings (SSSR count). The summed E-state index contributed by atoms with van der Waals surface area (Å²) in [5.41, 5.74) is 7.32. The third kappa shape index (κ3) is 8.30. The minimum absolute atomic E-state index is 0.768. The molecule has 0 atom stereocenters. The van der Waals surface area contributed by atoms with Crippen molar-refractivity contribution in [2.45, 2.75) is 46.6 Å². The molecule has 0 aliphatic carbocycles. The molecule has 0 bridgehead atoms. The Bertz CT molecular complexity index is 352. The van der Waals surface area contributed by atoms with Crippen LogP contribution in [0.1, 0.15) is 13.8 Å². The second-order valence-electron chi connectivity index (χ2n) is 6.27. The minimum atomic E-state index is -2.63. The van der Waals surface area contributed by atoms with E-state index >= 15 is 0 Å². The van der Waals surface area contributed by atoms with Crippen molar-refractivity contribution in [1.82, 2.24) is 0 Å². The van der Waals surface area contributed by atoms with Gasteiger partial charge in [0.15, 0.2) is 9.76 Å². The van der Waals surface area contributed by atoms with Crippen molar-refractivity contribution in [3.8, 4) is 0 Å². The molecule has 0 spiro atoms. The van der Waals surface area contributed by atoms with E-state index in [-0.39, 0.29) is 0 Å². The first kappa shape index (κ1) is 20.0. The Balaban J connectivity index is 5.06. The van der Waals surface area contributed by atoms with Gasteiger partial charge >= 0.3 is 8.80 Å². The second-order valence-corrected chi connectivity index (χ2v) is 18.8. The first-order valence-electron chi connectivity index (χ1n) is 6.90. The minimum Gasteiger partial charge on any atom is -0.418 e. The highest BCUT2D eigenvalue weighted by molar-refractivity contribution is 6.90. The number of hydrogen-bond acceptors (Lipinski definition) is 3. The number of allylic oxidation sites excluding steroid dienone is 1. The highest BCUT2D eigenvalue weighted by Gasteiger charge is 2.43. The maximum Gasteiger partial charge on any atom is 0.466 e. The number of rotatable bonds is 9. The van der Waals surface area contributed by atoms with Crippen LogP contribution < -0.4 is 0 Å². The van der Waals surface area contributed by atoms with Gasteiger partial charge in [-0.1, -0.05) is 22.7 Å². The van der Waals surface area contributed by atoms with E-state index in [0.717, 1.165) is 0 Å². The second kappa shape index (κ2) is 7.83. The lowest BCUT2D eigenvalue weighted by molar-refractivity contribution is 0.276. The molecule has 0 aliphatic heterocycles. The molecule has 0 saturated carbocycles. The summed E-state index contributed by atoms with van der Waals surface area (Å²) in [5.74, 6) is 0. The summed E-state index contributed by atoms with van der Waals surface area (Å²) in [7, 11) is -7.27. The summed E-state index contributed by atoms with van der Waals surface area (Å²) in [6.45, 7) is 22.4. The summed E-state index contributed by atoms with van der Waals surface area (Å²) in [6.07, 6.45) is 0. The predicted octanol–water partition coefficient (Wildman–Crippen LogP) is 3.47. The smallest absolute Gasteiger partial charge is 0.418 e. The van der Waals surface area contributed by atoms with E-state index < -0.39 is 35.2 Å². The van der Waals surface area contributed by atoms with Gasteiger partial charge in [-0.3, -0.25) is 0 Å². The van der Waals surface area contributed by atoms with Crippen LogP contribution in [0, 0.1) is 0 Å². The molecule has 7 heteroatoms. The van der Waals surface area contributed by atoms with E-state index in [0.29, 0.717) is 0 Å². The normalized spacial score (nSPS) is 13.6. The lowest BCUT2D eigenvalue weighted by Crippen LogP contribution is -2.56. The molecule has 0 aromatic rings. The Morgan fingerprint density at radius 2 is 1.30 bits per heavy atom. The Labute approximate surface area is 130 Å². The average Bonchev–Trinajstić information content (AvgIpc) is 2.26. The molecule has 0 aromatic heterocycles. The van der Waals surface area contributed by atoms with Gasteiger partial charge in [0.25, 0.3) is 0 Å². The average molecular weight is 347 g/mol. The fourth-order valence-corrected chi connectivity index (χ4v) is 13.7. The van der Waals surface area contributed by atoms with Crippen LogP contribution in [0.4, 0.5) is 0 Å². The summed E-state index contributed by atoms with van der Waals surface area (Å²) in [6, 6.07) is 0. The van der Waals surface area contributed by atoms with E-state index in [1.54, 1.807) is 0 Å². The van der Waals surface area contributed by atoms with Crippen LogP contribution in [-0.4, -0.2) is 35.2 Å². The molecule has 20 heavy (non-hydrogen) atoms.